The van der Waals surface area contributed by atoms with Crippen molar-refractivity contribution in [2.24, 2.45) is 0 Å². The molecule has 2 rings (SSSR count). The number of carbonyl (C=O) groups is 1. The number of ether oxygens (including phenoxy) is 1. The number of nitrogens with zero attached hydrogens (tertiary/aromatic N) is 1. The van der Waals surface area contributed by atoms with Gasteiger partial charge in [-0.1, -0.05) is 18.2 Å². The largest absolute Gasteiger partial charge is 0.435 e. The molecule has 0 bridgehead atoms. The van der Waals surface area contributed by atoms with Crippen LogP contribution in [-0.4, -0.2) is 43.6 Å². The van der Waals surface area contributed by atoms with Crippen LogP contribution in [0.2, 0.25) is 0 Å². The molecule has 0 saturated carbocycles. The summed E-state index contributed by atoms with van der Waals surface area (Å²) >= 11 is 0. The van der Waals surface area contributed by atoms with Crippen LogP contribution in [0, 0.1) is 0 Å². The summed E-state index contributed by atoms with van der Waals surface area (Å²) in [5.41, 5.74) is 0.489. The summed E-state index contributed by atoms with van der Waals surface area (Å²) in [6.45, 7) is -1.09. The van der Waals surface area contributed by atoms with Crippen LogP contribution in [0.4, 0.5) is 8.78 Å². The molecule has 1 N–H and O–H groups in total. The fourth-order valence-electron chi connectivity index (χ4n) is 2.55. The highest BCUT2D eigenvalue weighted by Crippen LogP contribution is 2.22. The molecule has 1 fully saturated rings. The molecule has 0 spiro atoms. The van der Waals surface area contributed by atoms with Gasteiger partial charge in [-0.05, 0) is 32.0 Å². The molecule has 0 atom stereocenters. The summed E-state index contributed by atoms with van der Waals surface area (Å²) in [7, 11) is 1.77. The zero-order valence-electron chi connectivity index (χ0n) is 12.4. The lowest BCUT2D eigenvalue weighted by Crippen LogP contribution is -2.44. The minimum absolute atomic E-state index is 0. The van der Waals surface area contributed by atoms with Crippen molar-refractivity contribution < 1.29 is 18.3 Å². The normalized spacial score (nSPS) is 15.3. The third kappa shape index (κ3) is 5.10. The molecule has 1 aliphatic rings. The van der Waals surface area contributed by atoms with Crippen LogP contribution in [0.15, 0.2) is 24.3 Å². The number of carbonyl (C=O) groups excluding carboxylic acids is 1. The number of hydrogen-bond donors (Lipinski definition) is 1. The Bertz CT molecular complexity index is 482. The maximum absolute atomic E-state index is 12.4. The summed E-state index contributed by atoms with van der Waals surface area (Å²) in [6.07, 6.45) is 1.90. The van der Waals surface area contributed by atoms with Crippen LogP contribution in [0.1, 0.15) is 18.4 Å². The van der Waals surface area contributed by atoms with E-state index in [4.69, 9.17) is 0 Å². The van der Waals surface area contributed by atoms with Crippen molar-refractivity contribution in [1.29, 1.82) is 0 Å². The molecule has 1 aromatic rings. The second-order valence-corrected chi connectivity index (χ2v) is 5.15. The molecule has 0 radical (unpaired) electrons. The minimum Gasteiger partial charge on any atom is -0.435 e. The van der Waals surface area contributed by atoms with Crippen molar-refractivity contribution in [2.75, 3.05) is 20.1 Å². The topological polar surface area (TPSA) is 41.6 Å². The van der Waals surface area contributed by atoms with Crippen LogP contribution in [-0.2, 0) is 11.2 Å². The van der Waals surface area contributed by atoms with E-state index >= 15 is 0 Å². The Labute approximate surface area is 135 Å². The molecule has 1 saturated heterocycles. The third-order valence-corrected chi connectivity index (χ3v) is 3.78. The van der Waals surface area contributed by atoms with Crippen molar-refractivity contribution in [3.8, 4) is 5.75 Å². The van der Waals surface area contributed by atoms with Gasteiger partial charge in [0.1, 0.15) is 5.75 Å². The molecule has 0 unspecified atom stereocenters. The number of alkyl halides is 2. The van der Waals surface area contributed by atoms with Crippen LogP contribution in [0.25, 0.3) is 0 Å². The van der Waals surface area contributed by atoms with E-state index in [9.17, 15) is 13.6 Å². The molecule has 1 aliphatic heterocycles. The smallest absolute Gasteiger partial charge is 0.387 e. The number of amides is 1. The van der Waals surface area contributed by atoms with E-state index in [0.717, 1.165) is 25.9 Å². The Kier molecular flexibility index (Phi) is 7.55. The van der Waals surface area contributed by atoms with Crippen LogP contribution < -0.4 is 10.1 Å². The highest BCUT2D eigenvalue weighted by Gasteiger charge is 2.23. The van der Waals surface area contributed by atoms with Crippen LogP contribution >= 0.6 is 12.4 Å². The van der Waals surface area contributed by atoms with Crippen molar-refractivity contribution >= 4 is 18.3 Å². The van der Waals surface area contributed by atoms with E-state index in [-0.39, 0.29) is 36.5 Å². The number of piperidine rings is 1. The Morgan fingerprint density at radius 3 is 2.64 bits per heavy atom. The summed E-state index contributed by atoms with van der Waals surface area (Å²) < 4.78 is 29.2. The summed E-state index contributed by atoms with van der Waals surface area (Å²) in [5.74, 6) is -0.00761. The predicted octanol–water partition coefficient (Wildman–Crippen LogP) is 2.46. The predicted molar refractivity (Wildman–Crippen MR) is 82.7 cm³/mol. The molecule has 0 aliphatic carbocycles. The fraction of sp³-hybridized carbons (Fsp3) is 0.533. The molecule has 4 nitrogen and oxygen atoms in total. The van der Waals surface area contributed by atoms with E-state index in [2.05, 4.69) is 10.1 Å². The van der Waals surface area contributed by atoms with E-state index in [1.165, 1.54) is 6.07 Å². The number of hydrogen-bond acceptors (Lipinski definition) is 3. The Morgan fingerprint density at radius 1 is 1.36 bits per heavy atom. The molecular formula is C15H21ClF2N2O2. The first-order chi connectivity index (χ1) is 10.1. The van der Waals surface area contributed by atoms with Gasteiger partial charge in [-0.25, -0.2) is 0 Å². The number of benzene rings is 1. The zero-order chi connectivity index (χ0) is 15.2. The first-order valence-electron chi connectivity index (χ1n) is 7.07. The molecule has 7 heteroatoms. The van der Waals surface area contributed by atoms with Crippen molar-refractivity contribution in [2.45, 2.75) is 31.9 Å². The maximum Gasteiger partial charge on any atom is 0.387 e. The lowest BCUT2D eigenvalue weighted by Gasteiger charge is -2.31. The average Bonchev–Trinajstić information content (AvgIpc) is 2.49. The third-order valence-electron chi connectivity index (χ3n) is 3.78. The molecule has 1 aromatic carbocycles. The van der Waals surface area contributed by atoms with Crippen molar-refractivity contribution in [3.63, 3.8) is 0 Å². The fourth-order valence-corrected chi connectivity index (χ4v) is 2.55. The molecule has 124 valence electrons. The van der Waals surface area contributed by atoms with E-state index in [0.29, 0.717) is 5.56 Å². The molecule has 1 heterocycles. The molecule has 1 amide bonds. The van der Waals surface area contributed by atoms with Gasteiger partial charge in [0.15, 0.2) is 0 Å². The highest BCUT2D eigenvalue weighted by molar-refractivity contribution is 5.85. The molecular weight excluding hydrogens is 314 g/mol. The van der Waals surface area contributed by atoms with Gasteiger partial charge < -0.3 is 15.0 Å². The first-order valence-corrected chi connectivity index (χ1v) is 7.07. The average molecular weight is 335 g/mol. The second-order valence-electron chi connectivity index (χ2n) is 5.15. The Hall–Kier alpha value is -1.40. The Balaban J connectivity index is 0.00000242. The summed E-state index contributed by atoms with van der Waals surface area (Å²) in [6, 6.07) is 6.64. The zero-order valence-corrected chi connectivity index (χ0v) is 13.2. The summed E-state index contributed by atoms with van der Waals surface area (Å²) in [4.78, 5) is 14.0. The van der Waals surface area contributed by atoms with Gasteiger partial charge >= 0.3 is 6.61 Å². The van der Waals surface area contributed by atoms with Crippen molar-refractivity contribution in [1.82, 2.24) is 10.2 Å². The maximum atomic E-state index is 12.4. The lowest BCUT2D eigenvalue weighted by molar-refractivity contribution is -0.131. The first kappa shape index (κ1) is 18.6. The second kappa shape index (κ2) is 8.90. The number of likely N-dealkylation sites (N-methyl/N-ethyl adjacent to an activating group) is 1. The van der Waals surface area contributed by atoms with E-state index in [1.54, 1.807) is 30.1 Å². The number of para-hydroxylation sites is 1. The minimum atomic E-state index is -2.89. The van der Waals surface area contributed by atoms with Gasteiger partial charge in [0.05, 0.1) is 6.42 Å². The van der Waals surface area contributed by atoms with E-state index in [1.807, 2.05) is 0 Å². The monoisotopic (exact) mass is 334 g/mol. The van der Waals surface area contributed by atoms with Gasteiger partial charge in [-0.3, -0.25) is 4.79 Å². The van der Waals surface area contributed by atoms with Gasteiger partial charge in [-0.2, -0.15) is 8.78 Å². The highest BCUT2D eigenvalue weighted by atomic mass is 35.5. The lowest BCUT2D eigenvalue weighted by atomic mass is 10.0. The number of rotatable bonds is 5. The molecule has 22 heavy (non-hydrogen) atoms. The van der Waals surface area contributed by atoms with Gasteiger partial charge in [-0.15, -0.1) is 12.4 Å². The number of halogens is 3. The summed E-state index contributed by atoms with van der Waals surface area (Å²) in [5, 5.41) is 3.25. The van der Waals surface area contributed by atoms with Crippen LogP contribution in [0.3, 0.4) is 0 Å². The standard InChI is InChI=1S/C15H20F2N2O2.ClH/c1-19(12-6-8-18-9-7-12)14(20)10-11-4-2-3-5-13(11)21-15(16)17;/h2-5,12,15,18H,6-10H2,1H3;1H. The number of nitrogens with one attached hydrogen (secondary N) is 1. The Morgan fingerprint density at radius 2 is 2.00 bits per heavy atom. The SMILES string of the molecule is CN(C(=O)Cc1ccccc1OC(F)F)C1CCNCC1.Cl. The van der Waals surface area contributed by atoms with E-state index < -0.39 is 6.61 Å². The quantitative estimate of drug-likeness (QED) is 0.899. The van der Waals surface area contributed by atoms with Gasteiger partial charge in [0.2, 0.25) is 5.91 Å². The van der Waals surface area contributed by atoms with Crippen LogP contribution in [0.5, 0.6) is 5.75 Å². The van der Waals surface area contributed by atoms with Crippen molar-refractivity contribution in [3.05, 3.63) is 29.8 Å². The van der Waals surface area contributed by atoms with Gasteiger partial charge in [0, 0.05) is 18.7 Å². The van der Waals surface area contributed by atoms with Gasteiger partial charge in [0.25, 0.3) is 0 Å². The molecule has 0 aromatic heterocycles.